The number of amides is 1. The average Bonchev–Trinajstić information content (AvgIpc) is 3.09. The first-order chi connectivity index (χ1) is 24.0. The van der Waals surface area contributed by atoms with Gasteiger partial charge >= 0.3 is 0 Å². The average molecular weight is 692 g/mol. The van der Waals surface area contributed by atoms with Crippen molar-refractivity contribution in [3.63, 3.8) is 0 Å². The van der Waals surface area contributed by atoms with Crippen molar-refractivity contribution >= 4 is 5.91 Å². The summed E-state index contributed by atoms with van der Waals surface area (Å²) in [7, 11) is 0. The summed E-state index contributed by atoms with van der Waals surface area (Å²) in [5.74, 6) is -0.323. The predicted molar refractivity (Wildman–Crippen MR) is 213 cm³/mol. The lowest BCUT2D eigenvalue weighted by Gasteiger charge is -2.21. The molecule has 1 amide bonds. The molecule has 0 saturated heterocycles. The number of nitrogens with one attached hydrogen (secondary N) is 1. The van der Waals surface area contributed by atoms with Gasteiger partial charge in [-0.2, -0.15) is 0 Å². The SMILES string of the molecule is CCCCCCCCCCCC/C=C/CC/C=C/C(O)C(CO)NC(=O)CC(O)CCCCCCCCCCCCCCCCCCCC. The minimum atomic E-state index is -0.948. The highest BCUT2D eigenvalue weighted by atomic mass is 16.3. The molecule has 4 N–H and O–H groups in total. The van der Waals surface area contributed by atoms with Crippen molar-refractivity contribution in [1.29, 1.82) is 0 Å². The predicted octanol–water partition coefficient (Wildman–Crippen LogP) is 12.2. The van der Waals surface area contributed by atoms with Gasteiger partial charge in [-0.05, 0) is 32.1 Å². The first kappa shape index (κ1) is 47.8. The highest BCUT2D eigenvalue weighted by Crippen LogP contribution is 2.16. The van der Waals surface area contributed by atoms with E-state index in [0.29, 0.717) is 6.42 Å². The van der Waals surface area contributed by atoms with Crippen LogP contribution in [-0.2, 0) is 4.79 Å². The van der Waals surface area contributed by atoms with Crippen LogP contribution in [0.1, 0.15) is 226 Å². The molecule has 0 spiro atoms. The second-order valence-electron chi connectivity index (χ2n) is 15.0. The van der Waals surface area contributed by atoms with Crippen LogP contribution in [0.5, 0.6) is 0 Å². The molecule has 5 heteroatoms. The van der Waals surface area contributed by atoms with E-state index < -0.39 is 18.2 Å². The van der Waals surface area contributed by atoms with E-state index >= 15 is 0 Å². The molecule has 3 unspecified atom stereocenters. The second kappa shape index (κ2) is 39.6. The standard InChI is InChI=1S/C44H85NO4/c1-3-5-7-9-11-13-15-17-19-21-22-23-25-27-29-31-33-35-37-41(47)39-44(49)45-42(40-46)43(48)38-36-34-32-30-28-26-24-20-18-16-14-12-10-8-6-4-2/h28,30,36,38,41-43,46-48H,3-27,29,31-35,37,39-40H2,1-2H3,(H,45,49)/b30-28+,38-36+. The molecule has 5 nitrogen and oxygen atoms in total. The van der Waals surface area contributed by atoms with Gasteiger partial charge in [-0.25, -0.2) is 0 Å². The first-order valence-corrected chi connectivity index (χ1v) is 21.6. The van der Waals surface area contributed by atoms with Gasteiger partial charge in [-0.15, -0.1) is 0 Å². The van der Waals surface area contributed by atoms with Crippen molar-refractivity contribution in [2.45, 2.75) is 244 Å². The summed E-state index contributed by atoms with van der Waals surface area (Å²) in [4.78, 5) is 12.4. The van der Waals surface area contributed by atoms with Crippen LogP contribution in [0.4, 0.5) is 0 Å². The smallest absolute Gasteiger partial charge is 0.222 e. The van der Waals surface area contributed by atoms with Crippen LogP contribution in [0.25, 0.3) is 0 Å². The molecule has 0 rings (SSSR count). The quantitative estimate of drug-likeness (QED) is 0.0381. The molecule has 0 saturated carbocycles. The number of allylic oxidation sites excluding steroid dienone is 3. The van der Waals surface area contributed by atoms with Crippen molar-refractivity contribution in [3.05, 3.63) is 24.3 Å². The van der Waals surface area contributed by atoms with Gasteiger partial charge in [0.1, 0.15) is 0 Å². The fraction of sp³-hybridized carbons (Fsp3) is 0.886. The Morgan fingerprint density at radius 2 is 0.878 bits per heavy atom. The minimum absolute atomic E-state index is 0.00966. The molecule has 0 aliphatic heterocycles. The Balaban J connectivity index is 3.69. The Kier molecular flexibility index (Phi) is 38.7. The molecule has 290 valence electrons. The fourth-order valence-electron chi connectivity index (χ4n) is 6.65. The van der Waals surface area contributed by atoms with E-state index in [-0.39, 0.29) is 18.9 Å². The summed E-state index contributed by atoms with van der Waals surface area (Å²) in [6, 6.07) is -0.757. The number of carbonyl (C=O) groups is 1. The maximum atomic E-state index is 12.4. The Morgan fingerprint density at radius 3 is 1.31 bits per heavy atom. The molecule has 0 aliphatic rings. The van der Waals surface area contributed by atoms with Gasteiger partial charge in [-0.3, -0.25) is 4.79 Å². The van der Waals surface area contributed by atoms with Gasteiger partial charge in [0.2, 0.25) is 5.91 Å². The second-order valence-corrected chi connectivity index (χ2v) is 15.0. The number of rotatable bonds is 39. The van der Waals surface area contributed by atoms with E-state index in [1.807, 2.05) is 6.08 Å². The summed E-state index contributed by atoms with van der Waals surface area (Å²) in [6.45, 7) is 4.21. The third-order valence-corrected chi connectivity index (χ3v) is 9.99. The molecule has 0 fully saturated rings. The zero-order chi connectivity index (χ0) is 35.9. The number of hydrogen-bond donors (Lipinski definition) is 4. The molecular weight excluding hydrogens is 606 g/mol. The highest BCUT2D eigenvalue weighted by molar-refractivity contribution is 5.76. The summed E-state index contributed by atoms with van der Waals surface area (Å²) < 4.78 is 0. The Bertz CT molecular complexity index is 724. The van der Waals surface area contributed by atoms with Crippen LogP contribution in [0.3, 0.4) is 0 Å². The topological polar surface area (TPSA) is 89.8 Å². The van der Waals surface area contributed by atoms with Gasteiger partial charge in [0, 0.05) is 0 Å². The van der Waals surface area contributed by atoms with E-state index in [2.05, 4.69) is 31.3 Å². The lowest BCUT2D eigenvalue weighted by molar-refractivity contribution is -0.124. The molecule has 0 bridgehead atoms. The number of carbonyl (C=O) groups excluding carboxylic acids is 1. The molecule has 0 aromatic rings. The minimum Gasteiger partial charge on any atom is -0.394 e. The van der Waals surface area contributed by atoms with E-state index in [0.717, 1.165) is 32.1 Å². The summed E-state index contributed by atoms with van der Waals surface area (Å²) in [6.07, 6.45) is 47.5. The molecule has 0 aliphatic carbocycles. The van der Waals surface area contributed by atoms with Crippen LogP contribution in [-0.4, -0.2) is 46.1 Å². The number of aliphatic hydroxyl groups excluding tert-OH is 3. The largest absolute Gasteiger partial charge is 0.394 e. The molecule has 0 radical (unpaired) electrons. The van der Waals surface area contributed by atoms with Crippen molar-refractivity contribution < 1.29 is 20.1 Å². The monoisotopic (exact) mass is 692 g/mol. The summed E-state index contributed by atoms with van der Waals surface area (Å²) >= 11 is 0. The fourth-order valence-corrected chi connectivity index (χ4v) is 6.65. The summed E-state index contributed by atoms with van der Waals surface area (Å²) in [5, 5.41) is 33.2. The number of unbranched alkanes of at least 4 members (excludes halogenated alkanes) is 28. The van der Waals surface area contributed by atoms with Crippen LogP contribution in [0, 0.1) is 0 Å². The molecular formula is C44H85NO4. The van der Waals surface area contributed by atoms with E-state index in [1.54, 1.807) is 6.08 Å². The highest BCUT2D eigenvalue weighted by Gasteiger charge is 2.20. The normalized spacial score (nSPS) is 13.8. The summed E-state index contributed by atoms with van der Waals surface area (Å²) in [5.41, 5.74) is 0. The molecule has 0 aromatic carbocycles. The lowest BCUT2D eigenvalue weighted by Crippen LogP contribution is -2.45. The Hall–Kier alpha value is -1.17. The van der Waals surface area contributed by atoms with Crippen molar-refractivity contribution in [1.82, 2.24) is 5.32 Å². The van der Waals surface area contributed by atoms with E-state index in [9.17, 15) is 20.1 Å². The first-order valence-electron chi connectivity index (χ1n) is 21.6. The maximum Gasteiger partial charge on any atom is 0.222 e. The third kappa shape index (κ3) is 36.4. The number of hydrogen-bond acceptors (Lipinski definition) is 4. The van der Waals surface area contributed by atoms with Gasteiger partial charge in [0.15, 0.2) is 0 Å². The van der Waals surface area contributed by atoms with Crippen molar-refractivity contribution in [3.8, 4) is 0 Å². The molecule has 0 heterocycles. The van der Waals surface area contributed by atoms with Crippen LogP contribution in [0.15, 0.2) is 24.3 Å². The zero-order valence-electron chi connectivity index (χ0n) is 32.8. The molecule has 49 heavy (non-hydrogen) atoms. The van der Waals surface area contributed by atoms with Crippen LogP contribution in [0.2, 0.25) is 0 Å². The van der Waals surface area contributed by atoms with Crippen molar-refractivity contribution in [2.75, 3.05) is 6.61 Å². The van der Waals surface area contributed by atoms with Gasteiger partial charge in [0.05, 0.1) is 31.3 Å². The number of aliphatic hydroxyl groups is 3. The molecule has 3 atom stereocenters. The van der Waals surface area contributed by atoms with E-state index in [1.165, 1.54) is 167 Å². The van der Waals surface area contributed by atoms with Crippen LogP contribution >= 0.6 is 0 Å². The van der Waals surface area contributed by atoms with Gasteiger partial charge in [0.25, 0.3) is 0 Å². The zero-order valence-corrected chi connectivity index (χ0v) is 32.8. The lowest BCUT2D eigenvalue weighted by atomic mass is 10.0. The van der Waals surface area contributed by atoms with E-state index in [4.69, 9.17) is 0 Å². The van der Waals surface area contributed by atoms with Gasteiger partial charge in [-0.1, -0.05) is 212 Å². The Labute approximate surface area is 305 Å². The Morgan fingerprint density at radius 1 is 0.510 bits per heavy atom. The maximum absolute atomic E-state index is 12.4. The molecule has 0 aromatic heterocycles. The van der Waals surface area contributed by atoms with Crippen LogP contribution < -0.4 is 5.32 Å². The van der Waals surface area contributed by atoms with Crippen molar-refractivity contribution in [2.24, 2.45) is 0 Å². The third-order valence-electron chi connectivity index (χ3n) is 9.99. The van der Waals surface area contributed by atoms with Gasteiger partial charge < -0.3 is 20.6 Å².